The van der Waals surface area contributed by atoms with Crippen molar-refractivity contribution in [2.75, 3.05) is 18.9 Å². The molecule has 1 fully saturated rings. The Kier molecular flexibility index (Phi) is 7.77. The Bertz CT molecular complexity index is 1570. The molecule has 2 aliphatic heterocycles. The lowest BCUT2D eigenvalue weighted by Gasteiger charge is -2.34. The number of carbonyl (C=O) groups excluding carboxylic acids is 4. The van der Waals surface area contributed by atoms with Crippen LogP contribution in [0, 0.1) is 17.1 Å². The van der Waals surface area contributed by atoms with E-state index in [4.69, 9.17) is 0 Å². The van der Waals surface area contributed by atoms with Gasteiger partial charge in [0, 0.05) is 37.7 Å². The minimum absolute atomic E-state index is 0.00289. The van der Waals surface area contributed by atoms with Crippen LogP contribution in [-0.2, 0) is 26.2 Å². The van der Waals surface area contributed by atoms with Crippen LogP contribution in [-0.4, -0.2) is 65.1 Å². The van der Waals surface area contributed by atoms with Gasteiger partial charge in [-0.3, -0.25) is 19.2 Å². The SMILES string of the molecule is C[C@H](NC(=O)c1ccc(F)cc1)C(=O)N(C)[C@@H](Cc1ccccc1)C(=O)N1C[C@]2(C[C@H]1C#N)C(=O)Nc1ccccc12. The second kappa shape index (κ2) is 11.4. The second-order valence-electron chi connectivity index (χ2n) is 10.8. The molecule has 0 aromatic heterocycles. The molecular formula is C32H30FN5O4. The van der Waals surface area contributed by atoms with E-state index in [9.17, 15) is 28.8 Å². The molecule has 1 saturated heterocycles. The summed E-state index contributed by atoms with van der Waals surface area (Å²) in [6, 6.07) is 20.6. The van der Waals surface area contributed by atoms with Crippen molar-refractivity contribution in [1.29, 1.82) is 5.26 Å². The lowest BCUT2D eigenvalue weighted by molar-refractivity contribution is -0.145. The first-order valence-corrected chi connectivity index (χ1v) is 13.6. The van der Waals surface area contributed by atoms with Crippen molar-refractivity contribution in [3.63, 3.8) is 0 Å². The average molecular weight is 568 g/mol. The number of para-hydroxylation sites is 1. The molecule has 2 heterocycles. The summed E-state index contributed by atoms with van der Waals surface area (Å²) in [5.74, 6) is -2.30. The van der Waals surface area contributed by atoms with Crippen LogP contribution < -0.4 is 10.6 Å². The number of likely N-dealkylation sites (tertiary alicyclic amines) is 1. The number of halogens is 1. The van der Waals surface area contributed by atoms with Crippen molar-refractivity contribution in [2.24, 2.45) is 0 Å². The number of fused-ring (bicyclic) bond motifs is 2. The molecule has 5 rings (SSSR count). The van der Waals surface area contributed by atoms with Crippen LogP contribution in [0.25, 0.3) is 0 Å². The summed E-state index contributed by atoms with van der Waals surface area (Å²) in [6.45, 7) is 1.50. The topological polar surface area (TPSA) is 123 Å². The Morgan fingerprint density at radius 3 is 2.45 bits per heavy atom. The molecule has 3 aromatic carbocycles. The van der Waals surface area contributed by atoms with Gasteiger partial charge < -0.3 is 20.4 Å². The Morgan fingerprint density at radius 2 is 1.76 bits per heavy atom. The summed E-state index contributed by atoms with van der Waals surface area (Å²) in [5, 5.41) is 15.6. The molecule has 0 aliphatic carbocycles. The summed E-state index contributed by atoms with van der Waals surface area (Å²) in [5.41, 5.74) is 1.32. The van der Waals surface area contributed by atoms with Crippen molar-refractivity contribution in [2.45, 2.75) is 43.3 Å². The normalized spacial score (nSPS) is 20.3. The van der Waals surface area contributed by atoms with Gasteiger partial charge in [0.1, 0.15) is 23.9 Å². The lowest BCUT2D eigenvalue weighted by Crippen LogP contribution is -2.56. The van der Waals surface area contributed by atoms with E-state index in [1.165, 1.54) is 35.9 Å². The maximum Gasteiger partial charge on any atom is 0.251 e. The number of likely N-dealkylation sites (N-methyl/N-ethyl adjacent to an activating group) is 1. The minimum atomic E-state index is -1.07. The highest BCUT2D eigenvalue weighted by Crippen LogP contribution is 2.46. The number of nitrogens with zero attached hydrogens (tertiary/aromatic N) is 3. The zero-order valence-electron chi connectivity index (χ0n) is 23.2. The quantitative estimate of drug-likeness (QED) is 0.455. The van der Waals surface area contributed by atoms with Crippen LogP contribution in [0.1, 0.15) is 34.8 Å². The zero-order chi connectivity index (χ0) is 30.0. The molecule has 214 valence electrons. The van der Waals surface area contributed by atoms with Gasteiger partial charge in [0.05, 0.1) is 11.5 Å². The number of carbonyl (C=O) groups is 4. The molecule has 0 radical (unpaired) electrons. The smallest absolute Gasteiger partial charge is 0.251 e. The van der Waals surface area contributed by atoms with Crippen molar-refractivity contribution < 1.29 is 23.6 Å². The molecule has 42 heavy (non-hydrogen) atoms. The van der Waals surface area contributed by atoms with E-state index in [-0.39, 0.29) is 30.9 Å². The fraction of sp³-hybridized carbons (Fsp3) is 0.281. The molecule has 2 aliphatic rings. The number of nitrogens with one attached hydrogen (secondary N) is 2. The third-order valence-corrected chi connectivity index (χ3v) is 8.11. The van der Waals surface area contributed by atoms with Gasteiger partial charge in [0.15, 0.2) is 0 Å². The van der Waals surface area contributed by atoms with Crippen LogP contribution >= 0.6 is 0 Å². The van der Waals surface area contributed by atoms with Gasteiger partial charge in [-0.15, -0.1) is 0 Å². The number of hydrogen-bond acceptors (Lipinski definition) is 5. The van der Waals surface area contributed by atoms with Crippen molar-refractivity contribution in [3.8, 4) is 6.07 Å². The minimum Gasteiger partial charge on any atom is -0.341 e. The van der Waals surface area contributed by atoms with E-state index in [1.54, 1.807) is 6.07 Å². The predicted octanol–water partition coefficient (Wildman–Crippen LogP) is 3.03. The van der Waals surface area contributed by atoms with Gasteiger partial charge in [-0.1, -0.05) is 48.5 Å². The highest BCUT2D eigenvalue weighted by atomic mass is 19.1. The third-order valence-electron chi connectivity index (χ3n) is 8.11. The summed E-state index contributed by atoms with van der Waals surface area (Å²) in [4.78, 5) is 56.5. The summed E-state index contributed by atoms with van der Waals surface area (Å²) < 4.78 is 13.3. The molecule has 0 saturated carbocycles. The largest absolute Gasteiger partial charge is 0.341 e. The molecule has 9 nitrogen and oxygen atoms in total. The maximum atomic E-state index is 14.2. The van der Waals surface area contributed by atoms with Gasteiger partial charge in [0.2, 0.25) is 17.7 Å². The van der Waals surface area contributed by atoms with Crippen LogP contribution in [0.3, 0.4) is 0 Å². The van der Waals surface area contributed by atoms with Crippen LogP contribution in [0.2, 0.25) is 0 Å². The molecule has 4 amide bonds. The van der Waals surface area contributed by atoms with Crippen LogP contribution in [0.15, 0.2) is 78.9 Å². The molecule has 1 spiro atoms. The Hall–Kier alpha value is -5.04. The average Bonchev–Trinajstić information content (AvgIpc) is 3.53. The van der Waals surface area contributed by atoms with E-state index in [2.05, 4.69) is 16.7 Å². The zero-order valence-corrected chi connectivity index (χ0v) is 23.2. The van der Waals surface area contributed by atoms with E-state index in [0.717, 1.165) is 23.3 Å². The molecule has 4 atom stereocenters. The first-order chi connectivity index (χ1) is 20.1. The Balaban J connectivity index is 1.41. The molecular weight excluding hydrogens is 537 g/mol. The number of nitriles is 1. The number of rotatable bonds is 7. The van der Waals surface area contributed by atoms with E-state index in [0.29, 0.717) is 5.69 Å². The van der Waals surface area contributed by atoms with Crippen molar-refractivity contribution >= 4 is 29.3 Å². The van der Waals surface area contributed by atoms with E-state index < -0.39 is 47.1 Å². The second-order valence-corrected chi connectivity index (χ2v) is 10.8. The van der Waals surface area contributed by atoms with Crippen molar-refractivity contribution in [3.05, 3.63) is 101 Å². The first kappa shape index (κ1) is 28.5. The summed E-state index contributed by atoms with van der Waals surface area (Å²) >= 11 is 0. The fourth-order valence-corrected chi connectivity index (χ4v) is 5.81. The van der Waals surface area contributed by atoms with E-state index in [1.807, 2.05) is 48.5 Å². The van der Waals surface area contributed by atoms with Gasteiger partial charge in [-0.25, -0.2) is 4.39 Å². The molecule has 0 unspecified atom stereocenters. The monoisotopic (exact) mass is 567 g/mol. The molecule has 0 bridgehead atoms. The number of hydrogen-bond donors (Lipinski definition) is 2. The van der Waals surface area contributed by atoms with Crippen LogP contribution in [0.4, 0.5) is 10.1 Å². The Labute approximate surface area is 242 Å². The summed E-state index contributed by atoms with van der Waals surface area (Å²) in [6.07, 6.45) is 0.295. The van der Waals surface area contributed by atoms with Crippen molar-refractivity contribution in [1.82, 2.24) is 15.1 Å². The maximum absolute atomic E-state index is 14.2. The first-order valence-electron chi connectivity index (χ1n) is 13.6. The van der Waals surface area contributed by atoms with Gasteiger partial charge in [0.25, 0.3) is 5.91 Å². The lowest BCUT2D eigenvalue weighted by atomic mass is 9.80. The fourth-order valence-electron chi connectivity index (χ4n) is 5.81. The van der Waals surface area contributed by atoms with Crippen LogP contribution in [0.5, 0.6) is 0 Å². The predicted molar refractivity (Wildman–Crippen MR) is 153 cm³/mol. The van der Waals surface area contributed by atoms with Gasteiger partial charge in [-0.2, -0.15) is 5.26 Å². The molecule has 2 N–H and O–H groups in total. The standard InChI is InChI=1S/C32H30FN5O4/c1-20(35-28(39)22-12-14-23(33)15-13-22)29(40)37(2)27(16-21-8-4-3-5-9-21)30(41)38-19-32(17-24(38)18-34)25-10-6-7-11-26(25)36-31(32)42/h3-15,20,24,27H,16-17,19H2,1-2H3,(H,35,39)(H,36,42)/t20-,24-,27-,32-/m0/s1. The number of benzene rings is 3. The number of amides is 4. The number of anilines is 1. The third kappa shape index (κ3) is 5.21. The highest BCUT2D eigenvalue weighted by Gasteiger charge is 2.56. The summed E-state index contributed by atoms with van der Waals surface area (Å²) in [7, 11) is 1.49. The highest BCUT2D eigenvalue weighted by molar-refractivity contribution is 6.07. The molecule has 3 aromatic rings. The van der Waals surface area contributed by atoms with E-state index >= 15 is 0 Å². The molecule has 10 heteroatoms. The van der Waals surface area contributed by atoms with Gasteiger partial charge >= 0.3 is 0 Å². The van der Waals surface area contributed by atoms with Gasteiger partial charge in [-0.05, 0) is 48.4 Å². The Morgan fingerprint density at radius 1 is 1.10 bits per heavy atom.